The first-order valence-corrected chi connectivity index (χ1v) is 11.6. The van der Waals surface area contributed by atoms with E-state index in [4.69, 9.17) is 36.1 Å². The van der Waals surface area contributed by atoms with Crippen molar-refractivity contribution in [1.29, 1.82) is 0 Å². The second-order valence-corrected chi connectivity index (χ2v) is 10.1. The molecule has 2 saturated heterocycles. The van der Waals surface area contributed by atoms with Crippen LogP contribution in [0.3, 0.4) is 0 Å². The van der Waals surface area contributed by atoms with Crippen LogP contribution in [0.5, 0.6) is 0 Å². The van der Waals surface area contributed by atoms with Crippen molar-refractivity contribution in [2.45, 2.75) is 113 Å². The summed E-state index contributed by atoms with van der Waals surface area (Å²) in [7, 11) is 1.63. The van der Waals surface area contributed by atoms with Crippen LogP contribution in [0.15, 0.2) is 0 Å². The molecule has 12 atom stereocenters. The van der Waals surface area contributed by atoms with Crippen LogP contribution in [0, 0.1) is 5.92 Å². The van der Waals surface area contributed by atoms with Gasteiger partial charge in [0.1, 0.15) is 30.0 Å². The third kappa shape index (κ3) is 5.44. The lowest BCUT2D eigenvalue weighted by molar-refractivity contribution is -0.307. The van der Waals surface area contributed by atoms with Crippen LogP contribution >= 0.6 is 0 Å². The lowest BCUT2D eigenvalue weighted by atomic mass is 9.84. The number of aliphatic hydroxyl groups excluding tert-OH is 2. The number of hydrogen-bond donors (Lipinski definition) is 7. The van der Waals surface area contributed by atoms with E-state index in [1.54, 1.807) is 14.0 Å². The minimum atomic E-state index is -1.28. The zero-order valence-electron chi connectivity index (χ0n) is 19.5. The van der Waals surface area contributed by atoms with E-state index < -0.39 is 60.7 Å². The first-order chi connectivity index (χ1) is 15.0. The summed E-state index contributed by atoms with van der Waals surface area (Å²) < 4.78 is 23.7. The van der Waals surface area contributed by atoms with Crippen LogP contribution in [-0.2, 0) is 18.9 Å². The van der Waals surface area contributed by atoms with E-state index in [-0.39, 0.29) is 18.8 Å². The number of rotatable bonds is 6. The van der Waals surface area contributed by atoms with E-state index in [0.717, 1.165) is 12.8 Å². The molecule has 0 aromatic rings. The Kier molecular flexibility index (Phi) is 8.54. The topological polar surface area (TPSA) is 188 Å². The standard InChI is InChI=1S/C21H42N4O7/c1-9(2)13-6-5-10(22)19(30-13)31-16-11(23)7-12(24)17(14(16)26)32-20-15(27)18(25-4)21(3,28)8-29-20/h9-20,25-28H,5-8,22-24H2,1-4H3. The molecule has 0 spiro atoms. The monoisotopic (exact) mass is 462 g/mol. The molecule has 3 aliphatic rings. The van der Waals surface area contributed by atoms with Crippen molar-refractivity contribution in [3.8, 4) is 0 Å². The average Bonchev–Trinajstić information content (AvgIpc) is 2.71. The van der Waals surface area contributed by atoms with Gasteiger partial charge >= 0.3 is 0 Å². The maximum absolute atomic E-state index is 11.1. The molecule has 12 unspecified atom stereocenters. The molecular weight excluding hydrogens is 420 g/mol. The molecule has 1 aliphatic carbocycles. The van der Waals surface area contributed by atoms with Crippen molar-refractivity contribution in [3.63, 3.8) is 0 Å². The predicted molar refractivity (Wildman–Crippen MR) is 116 cm³/mol. The Labute approximate surface area is 189 Å². The molecule has 0 bridgehead atoms. The minimum absolute atomic E-state index is 0.0168. The largest absolute Gasteiger partial charge is 0.388 e. The smallest absolute Gasteiger partial charge is 0.185 e. The van der Waals surface area contributed by atoms with E-state index in [0.29, 0.717) is 12.3 Å². The zero-order valence-corrected chi connectivity index (χ0v) is 19.5. The molecule has 0 radical (unpaired) electrons. The van der Waals surface area contributed by atoms with Crippen molar-refractivity contribution in [2.24, 2.45) is 23.1 Å². The van der Waals surface area contributed by atoms with Crippen molar-refractivity contribution >= 4 is 0 Å². The van der Waals surface area contributed by atoms with Crippen LogP contribution in [0.4, 0.5) is 0 Å². The number of nitrogens with one attached hydrogen (secondary N) is 1. The fourth-order valence-electron chi connectivity index (χ4n) is 4.97. The molecular formula is C21H42N4O7. The average molecular weight is 463 g/mol. The van der Waals surface area contributed by atoms with Crippen molar-refractivity contribution in [3.05, 3.63) is 0 Å². The SMILES string of the molecule is CNC1C(O)C(OC2C(N)CC(N)C(OC3OC(C(C)C)CCC3N)C2O)OCC1(C)O. The second kappa shape index (κ2) is 10.4. The Morgan fingerprint density at radius 1 is 0.969 bits per heavy atom. The minimum Gasteiger partial charge on any atom is -0.388 e. The predicted octanol–water partition coefficient (Wildman–Crippen LogP) is -2.28. The number of hydrogen-bond acceptors (Lipinski definition) is 11. The molecule has 10 N–H and O–H groups in total. The van der Waals surface area contributed by atoms with Gasteiger partial charge in [0.05, 0.1) is 24.8 Å². The highest BCUT2D eigenvalue weighted by Crippen LogP contribution is 2.32. The summed E-state index contributed by atoms with van der Waals surface area (Å²) in [6.07, 6.45) is -3.92. The van der Waals surface area contributed by atoms with Gasteiger partial charge in [-0.25, -0.2) is 0 Å². The molecule has 2 heterocycles. The van der Waals surface area contributed by atoms with Gasteiger partial charge in [0.2, 0.25) is 0 Å². The Hall–Kier alpha value is -0.440. The van der Waals surface area contributed by atoms with E-state index in [2.05, 4.69) is 19.2 Å². The molecule has 32 heavy (non-hydrogen) atoms. The first kappa shape index (κ1) is 26.2. The molecule has 0 amide bonds. The second-order valence-electron chi connectivity index (χ2n) is 10.1. The van der Waals surface area contributed by atoms with Gasteiger partial charge in [-0.1, -0.05) is 13.8 Å². The van der Waals surface area contributed by atoms with Gasteiger partial charge in [0.15, 0.2) is 12.6 Å². The Morgan fingerprint density at radius 2 is 1.56 bits per heavy atom. The summed E-state index contributed by atoms with van der Waals surface area (Å²) in [5.41, 5.74) is 17.5. The third-order valence-corrected chi connectivity index (χ3v) is 6.97. The van der Waals surface area contributed by atoms with Gasteiger partial charge in [-0.3, -0.25) is 0 Å². The summed E-state index contributed by atoms with van der Waals surface area (Å²) in [4.78, 5) is 0. The highest BCUT2D eigenvalue weighted by atomic mass is 16.7. The summed E-state index contributed by atoms with van der Waals surface area (Å²) in [5.74, 6) is 0.310. The molecule has 0 aromatic heterocycles. The highest BCUT2D eigenvalue weighted by Gasteiger charge is 2.50. The summed E-state index contributed by atoms with van der Waals surface area (Å²) in [5, 5.41) is 35.1. The highest BCUT2D eigenvalue weighted by molar-refractivity contribution is 5.02. The lowest BCUT2D eigenvalue weighted by Crippen LogP contribution is -2.68. The zero-order chi connectivity index (χ0) is 23.8. The van der Waals surface area contributed by atoms with Crippen LogP contribution in [0.2, 0.25) is 0 Å². The Bertz CT molecular complexity index is 613. The van der Waals surface area contributed by atoms with Crippen molar-refractivity contribution in [1.82, 2.24) is 5.32 Å². The van der Waals surface area contributed by atoms with Gasteiger partial charge in [-0.15, -0.1) is 0 Å². The van der Waals surface area contributed by atoms with Crippen LogP contribution in [0.25, 0.3) is 0 Å². The first-order valence-electron chi connectivity index (χ1n) is 11.6. The molecule has 0 aromatic carbocycles. The van der Waals surface area contributed by atoms with Gasteiger partial charge < -0.3 is 56.8 Å². The van der Waals surface area contributed by atoms with Crippen LogP contribution in [-0.4, -0.2) is 102 Å². The molecule has 3 rings (SSSR count). The summed E-state index contributed by atoms with van der Waals surface area (Å²) >= 11 is 0. The fourth-order valence-corrected chi connectivity index (χ4v) is 4.97. The van der Waals surface area contributed by atoms with Gasteiger partial charge in [0.25, 0.3) is 0 Å². The number of aliphatic hydroxyl groups is 3. The summed E-state index contributed by atoms with van der Waals surface area (Å²) in [6, 6.07) is -2.16. The lowest BCUT2D eigenvalue weighted by Gasteiger charge is -2.48. The van der Waals surface area contributed by atoms with Crippen molar-refractivity contribution in [2.75, 3.05) is 13.7 Å². The van der Waals surface area contributed by atoms with E-state index in [1.165, 1.54) is 0 Å². The fraction of sp³-hybridized carbons (Fsp3) is 1.00. The quantitative estimate of drug-likeness (QED) is 0.225. The molecule has 11 nitrogen and oxygen atoms in total. The molecule has 11 heteroatoms. The van der Waals surface area contributed by atoms with Crippen LogP contribution < -0.4 is 22.5 Å². The number of likely N-dealkylation sites (N-methyl/N-ethyl adjacent to an activating group) is 1. The molecule has 3 fully saturated rings. The maximum Gasteiger partial charge on any atom is 0.185 e. The normalized spacial score (nSPS) is 50.5. The number of nitrogens with two attached hydrogens (primary N) is 3. The molecule has 2 aliphatic heterocycles. The van der Waals surface area contributed by atoms with Gasteiger partial charge in [0, 0.05) is 12.1 Å². The van der Waals surface area contributed by atoms with Crippen LogP contribution in [0.1, 0.15) is 40.0 Å². The summed E-state index contributed by atoms with van der Waals surface area (Å²) in [6.45, 7) is 5.66. The van der Waals surface area contributed by atoms with Gasteiger partial charge in [-0.05, 0) is 39.2 Å². The van der Waals surface area contributed by atoms with Crippen molar-refractivity contribution < 1.29 is 34.3 Å². The van der Waals surface area contributed by atoms with Gasteiger partial charge in [-0.2, -0.15) is 0 Å². The Balaban J connectivity index is 1.69. The van der Waals surface area contributed by atoms with E-state index in [9.17, 15) is 15.3 Å². The third-order valence-electron chi connectivity index (χ3n) is 6.97. The number of ether oxygens (including phenoxy) is 4. The van der Waals surface area contributed by atoms with E-state index in [1.807, 2.05) is 0 Å². The molecule has 188 valence electrons. The maximum atomic E-state index is 11.1. The molecule has 1 saturated carbocycles. The van der Waals surface area contributed by atoms with E-state index >= 15 is 0 Å². The Morgan fingerprint density at radius 3 is 2.12 bits per heavy atom.